The van der Waals surface area contributed by atoms with Crippen LogP contribution < -0.4 is 0 Å². The Balaban J connectivity index is 2.14. The lowest BCUT2D eigenvalue weighted by atomic mass is 10.1. The van der Waals surface area contributed by atoms with E-state index in [-0.39, 0.29) is 0 Å². The van der Waals surface area contributed by atoms with Crippen LogP contribution in [-0.4, -0.2) is 20.6 Å². The molecule has 0 bridgehead atoms. The molecule has 19 heavy (non-hydrogen) atoms. The first-order valence-electron chi connectivity index (χ1n) is 6.94. The average Bonchev–Trinajstić information content (AvgIpc) is 3.04. The first-order chi connectivity index (χ1) is 9.20. The van der Waals surface area contributed by atoms with E-state index < -0.39 is 5.97 Å². The molecule has 1 saturated carbocycles. The molecule has 0 atom stereocenters. The summed E-state index contributed by atoms with van der Waals surface area (Å²) in [6, 6.07) is 5.23. The Hall–Kier alpha value is -1.84. The molecule has 0 aliphatic heterocycles. The molecule has 4 heteroatoms. The van der Waals surface area contributed by atoms with Crippen molar-refractivity contribution < 1.29 is 9.90 Å². The van der Waals surface area contributed by atoms with Gasteiger partial charge in [-0.05, 0) is 38.0 Å². The maximum absolute atomic E-state index is 11.0. The van der Waals surface area contributed by atoms with Crippen molar-refractivity contribution in [2.75, 3.05) is 0 Å². The molecule has 1 heterocycles. The minimum atomic E-state index is -0.893. The van der Waals surface area contributed by atoms with E-state index in [1.165, 1.54) is 25.7 Å². The van der Waals surface area contributed by atoms with Crippen LogP contribution in [0.5, 0.6) is 0 Å². The van der Waals surface area contributed by atoms with Gasteiger partial charge in [0, 0.05) is 12.5 Å². The third-order valence-corrected chi connectivity index (χ3v) is 4.06. The first-order valence-corrected chi connectivity index (χ1v) is 6.94. The maximum atomic E-state index is 11.0. The standard InChI is InChI=1S/C15H18N2O2/c1-2-17-13-8-7-11(15(18)19)9-12(13)16-14(17)10-5-3-4-6-10/h7-10H,2-6H2,1H3,(H,18,19). The van der Waals surface area contributed by atoms with Crippen molar-refractivity contribution in [1.29, 1.82) is 0 Å². The molecule has 1 aromatic carbocycles. The van der Waals surface area contributed by atoms with Crippen molar-refractivity contribution in [2.45, 2.75) is 45.1 Å². The van der Waals surface area contributed by atoms with Gasteiger partial charge in [-0.15, -0.1) is 0 Å². The summed E-state index contributed by atoms with van der Waals surface area (Å²) >= 11 is 0. The highest BCUT2D eigenvalue weighted by molar-refractivity contribution is 5.92. The van der Waals surface area contributed by atoms with Gasteiger partial charge in [-0.1, -0.05) is 12.8 Å². The van der Waals surface area contributed by atoms with Gasteiger partial charge in [0.15, 0.2) is 0 Å². The number of imidazole rings is 1. The lowest BCUT2D eigenvalue weighted by Crippen LogP contribution is -2.05. The van der Waals surface area contributed by atoms with Crippen molar-refractivity contribution in [1.82, 2.24) is 9.55 Å². The van der Waals surface area contributed by atoms with Gasteiger partial charge in [-0.2, -0.15) is 0 Å². The summed E-state index contributed by atoms with van der Waals surface area (Å²) in [5.41, 5.74) is 2.17. The molecule has 2 aromatic rings. The number of hydrogen-bond donors (Lipinski definition) is 1. The molecule has 0 amide bonds. The van der Waals surface area contributed by atoms with Crippen molar-refractivity contribution in [3.63, 3.8) is 0 Å². The molecule has 0 spiro atoms. The van der Waals surface area contributed by atoms with E-state index in [1.807, 2.05) is 6.07 Å². The lowest BCUT2D eigenvalue weighted by molar-refractivity contribution is 0.0697. The van der Waals surface area contributed by atoms with Crippen LogP contribution in [0, 0.1) is 0 Å². The second kappa shape index (κ2) is 4.68. The summed E-state index contributed by atoms with van der Waals surface area (Å²) in [4.78, 5) is 15.7. The van der Waals surface area contributed by atoms with Gasteiger partial charge in [0.05, 0.1) is 16.6 Å². The molecule has 1 fully saturated rings. The van der Waals surface area contributed by atoms with Crippen LogP contribution in [0.25, 0.3) is 11.0 Å². The van der Waals surface area contributed by atoms with Crippen LogP contribution in [0.3, 0.4) is 0 Å². The third-order valence-electron chi connectivity index (χ3n) is 4.06. The van der Waals surface area contributed by atoms with Gasteiger partial charge in [0.25, 0.3) is 0 Å². The summed E-state index contributed by atoms with van der Waals surface area (Å²) in [6.45, 7) is 3.00. The number of benzene rings is 1. The van der Waals surface area contributed by atoms with Crippen LogP contribution >= 0.6 is 0 Å². The van der Waals surface area contributed by atoms with E-state index in [1.54, 1.807) is 12.1 Å². The summed E-state index contributed by atoms with van der Waals surface area (Å²) in [7, 11) is 0. The smallest absolute Gasteiger partial charge is 0.335 e. The van der Waals surface area contributed by atoms with Gasteiger partial charge >= 0.3 is 5.97 Å². The topological polar surface area (TPSA) is 55.1 Å². The number of fused-ring (bicyclic) bond motifs is 1. The van der Waals surface area contributed by atoms with E-state index >= 15 is 0 Å². The van der Waals surface area contributed by atoms with Crippen molar-refractivity contribution >= 4 is 17.0 Å². The highest BCUT2D eigenvalue weighted by atomic mass is 16.4. The Morgan fingerprint density at radius 3 is 2.79 bits per heavy atom. The molecule has 1 aromatic heterocycles. The molecule has 100 valence electrons. The first kappa shape index (κ1) is 12.2. The summed E-state index contributed by atoms with van der Waals surface area (Å²) < 4.78 is 2.23. The number of aryl methyl sites for hydroxylation is 1. The number of carboxylic acids is 1. The molecule has 1 aliphatic rings. The molecule has 3 rings (SSSR count). The predicted molar refractivity (Wildman–Crippen MR) is 73.6 cm³/mol. The quantitative estimate of drug-likeness (QED) is 0.917. The zero-order valence-corrected chi connectivity index (χ0v) is 11.1. The molecule has 0 radical (unpaired) electrons. The zero-order valence-electron chi connectivity index (χ0n) is 11.1. The van der Waals surface area contributed by atoms with E-state index in [2.05, 4.69) is 11.5 Å². The van der Waals surface area contributed by atoms with E-state index in [9.17, 15) is 4.79 Å². The van der Waals surface area contributed by atoms with Gasteiger partial charge in [-0.3, -0.25) is 0 Å². The Bertz CT molecular complexity index is 624. The number of hydrogen-bond acceptors (Lipinski definition) is 2. The Labute approximate surface area is 112 Å². The fourth-order valence-corrected chi connectivity index (χ4v) is 3.11. The summed E-state index contributed by atoms with van der Waals surface area (Å²) in [5.74, 6) is 0.786. The second-order valence-electron chi connectivity index (χ2n) is 5.20. The number of aromatic nitrogens is 2. The third kappa shape index (κ3) is 2.01. The molecule has 0 unspecified atom stereocenters. The predicted octanol–water partition coefficient (Wildman–Crippen LogP) is 3.41. The molecule has 4 nitrogen and oxygen atoms in total. The van der Waals surface area contributed by atoms with Crippen LogP contribution in [0.4, 0.5) is 0 Å². The second-order valence-corrected chi connectivity index (χ2v) is 5.20. The lowest BCUT2D eigenvalue weighted by Gasteiger charge is -2.11. The molecule has 1 N–H and O–H groups in total. The highest BCUT2D eigenvalue weighted by Gasteiger charge is 2.23. The van der Waals surface area contributed by atoms with Crippen LogP contribution in [0.15, 0.2) is 18.2 Å². The number of carbonyl (C=O) groups is 1. The molecular formula is C15H18N2O2. The molecular weight excluding hydrogens is 240 g/mol. The fraction of sp³-hybridized carbons (Fsp3) is 0.467. The van der Waals surface area contributed by atoms with Gasteiger partial charge < -0.3 is 9.67 Å². The van der Waals surface area contributed by atoms with Gasteiger partial charge in [0.1, 0.15) is 5.82 Å². The van der Waals surface area contributed by atoms with Crippen LogP contribution in [0.2, 0.25) is 0 Å². The van der Waals surface area contributed by atoms with E-state index in [0.29, 0.717) is 11.5 Å². The van der Waals surface area contributed by atoms with Crippen molar-refractivity contribution in [2.24, 2.45) is 0 Å². The number of nitrogens with zero attached hydrogens (tertiary/aromatic N) is 2. The zero-order chi connectivity index (χ0) is 13.4. The van der Waals surface area contributed by atoms with Gasteiger partial charge in [0.2, 0.25) is 0 Å². The maximum Gasteiger partial charge on any atom is 0.335 e. The number of rotatable bonds is 3. The van der Waals surface area contributed by atoms with Crippen LogP contribution in [-0.2, 0) is 6.54 Å². The minimum absolute atomic E-state index is 0.311. The fourth-order valence-electron chi connectivity index (χ4n) is 3.11. The van der Waals surface area contributed by atoms with Crippen LogP contribution in [0.1, 0.15) is 54.7 Å². The Morgan fingerprint density at radius 1 is 1.42 bits per heavy atom. The SMILES string of the molecule is CCn1c(C2CCCC2)nc2cc(C(=O)O)ccc21. The largest absolute Gasteiger partial charge is 0.478 e. The van der Waals surface area contributed by atoms with Gasteiger partial charge in [-0.25, -0.2) is 9.78 Å². The Kier molecular flexibility index (Phi) is 3.01. The number of aromatic carboxylic acids is 1. The molecule has 0 saturated heterocycles. The summed E-state index contributed by atoms with van der Waals surface area (Å²) in [5, 5.41) is 9.05. The van der Waals surface area contributed by atoms with Crippen molar-refractivity contribution in [3.8, 4) is 0 Å². The normalized spacial score (nSPS) is 16.3. The van der Waals surface area contributed by atoms with Crippen molar-refractivity contribution in [3.05, 3.63) is 29.6 Å². The highest BCUT2D eigenvalue weighted by Crippen LogP contribution is 2.35. The number of carboxylic acid groups (broad SMARTS) is 1. The molecule has 1 aliphatic carbocycles. The van der Waals surface area contributed by atoms with E-state index in [0.717, 1.165) is 23.4 Å². The summed E-state index contributed by atoms with van der Waals surface area (Å²) in [6.07, 6.45) is 4.96. The Morgan fingerprint density at radius 2 is 2.16 bits per heavy atom. The monoisotopic (exact) mass is 258 g/mol. The average molecular weight is 258 g/mol. The van der Waals surface area contributed by atoms with E-state index in [4.69, 9.17) is 10.1 Å². The minimum Gasteiger partial charge on any atom is -0.478 e.